The minimum absolute atomic E-state index is 0.109. The summed E-state index contributed by atoms with van der Waals surface area (Å²) in [5.74, 6) is 0. The molecule has 0 atom stereocenters. The number of hydrogen-bond acceptors (Lipinski definition) is 2. The van der Waals surface area contributed by atoms with E-state index in [-0.39, 0.29) is 5.16 Å². The van der Waals surface area contributed by atoms with Crippen LogP contribution in [0.4, 0.5) is 0 Å². The fourth-order valence-electron chi connectivity index (χ4n) is 0.541. The lowest BCUT2D eigenvalue weighted by Crippen LogP contribution is -2.15. The summed E-state index contributed by atoms with van der Waals surface area (Å²) in [6, 6.07) is 0. The molecular weight excluding hydrogens is 189 g/mol. The summed E-state index contributed by atoms with van der Waals surface area (Å²) in [6.07, 6.45) is 1.24. The van der Waals surface area contributed by atoms with Crippen LogP contribution in [0.25, 0.3) is 5.16 Å². The van der Waals surface area contributed by atoms with E-state index in [9.17, 15) is 4.79 Å². The normalized spacial score (nSPS) is 13.0. The highest BCUT2D eigenvalue weighted by Gasteiger charge is 2.03. The summed E-state index contributed by atoms with van der Waals surface area (Å²) in [4.78, 5) is 13.2. The highest BCUT2D eigenvalue weighted by Crippen LogP contribution is 2.14. The molecule has 0 saturated heterocycles. The molecule has 1 aromatic rings. The molecular formula is C5H5Cl2N3O. The van der Waals surface area contributed by atoms with Crippen molar-refractivity contribution in [2.45, 2.75) is 6.92 Å². The van der Waals surface area contributed by atoms with Gasteiger partial charge >= 0.3 is 5.69 Å². The fraction of sp³-hybridized carbons (Fsp3) is 0.200. The Kier molecular flexibility index (Phi) is 2.36. The van der Waals surface area contributed by atoms with Crippen molar-refractivity contribution in [3.8, 4) is 0 Å². The molecule has 0 spiro atoms. The molecule has 0 aliphatic carbocycles. The summed E-state index contributed by atoms with van der Waals surface area (Å²) >= 11 is 11.1. The maximum Gasteiger partial charge on any atom is 0.348 e. The first-order valence-corrected chi connectivity index (χ1v) is 3.53. The van der Waals surface area contributed by atoms with Gasteiger partial charge in [-0.3, -0.25) is 4.98 Å². The van der Waals surface area contributed by atoms with Gasteiger partial charge in [0.2, 0.25) is 0 Å². The second-order valence-corrected chi connectivity index (χ2v) is 2.76. The molecule has 0 aliphatic heterocycles. The fourth-order valence-corrected chi connectivity index (χ4v) is 0.742. The number of hydrogen-bond donors (Lipinski definition) is 1. The smallest absolute Gasteiger partial charge is 0.295 e. The average molecular weight is 194 g/mol. The molecule has 60 valence electrons. The molecule has 0 unspecified atom stereocenters. The molecule has 1 heterocycles. The van der Waals surface area contributed by atoms with E-state index in [4.69, 9.17) is 23.2 Å². The van der Waals surface area contributed by atoms with Gasteiger partial charge < -0.3 is 0 Å². The third kappa shape index (κ3) is 1.64. The molecule has 0 fully saturated rings. The Labute approximate surface area is 72.4 Å². The summed E-state index contributed by atoms with van der Waals surface area (Å²) in [6.45, 7) is 1.57. The number of aromatic amines is 1. The Morgan fingerprint density at radius 3 is 2.73 bits per heavy atom. The van der Waals surface area contributed by atoms with Gasteiger partial charge in [-0.15, -0.1) is 0 Å². The van der Waals surface area contributed by atoms with Crippen LogP contribution in [-0.4, -0.2) is 14.8 Å². The van der Waals surface area contributed by atoms with Gasteiger partial charge in [-0.05, 0) is 6.92 Å². The SMILES string of the molecule is CC(Cl)=C(Cl)n1nc[nH]c1=O. The zero-order valence-corrected chi connectivity index (χ0v) is 7.15. The molecule has 1 rings (SSSR count). The van der Waals surface area contributed by atoms with Crippen LogP contribution in [0.1, 0.15) is 6.92 Å². The van der Waals surface area contributed by atoms with Crippen LogP contribution < -0.4 is 5.69 Å². The number of allylic oxidation sites excluding steroid dienone is 1. The number of H-pyrrole nitrogens is 1. The standard InChI is InChI=1S/C5H5Cl2N3O/c1-3(6)4(7)10-5(11)8-2-9-10/h2H,1H3,(H,8,9,11). The van der Waals surface area contributed by atoms with Crippen molar-refractivity contribution in [2.75, 3.05) is 0 Å². The molecule has 4 nitrogen and oxygen atoms in total. The van der Waals surface area contributed by atoms with Crippen molar-refractivity contribution >= 4 is 28.4 Å². The van der Waals surface area contributed by atoms with Crippen LogP contribution in [0.3, 0.4) is 0 Å². The Morgan fingerprint density at radius 2 is 2.36 bits per heavy atom. The third-order valence-corrected chi connectivity index (χ3v) is 1.74. The van der Waals surface area contributed by atoms with Crippen molar-refractivity contribution in [3.05, 3.63) is 21.8 Å². The molecule has 0 amide bonds. The van der Waals surface area contributed by atoms with E-state index in [1.165, 1.54) is 6.33 Å². The van der Waals surface area contributed by atoms with Gasteiger partial charge in [0, 0.05) is 0 Å². The average Bonchev–Trinajstić information content (AvgIpc) is 2.33. The molecule has 1 N–H and O–H groups in total. The summed E-state index contributed by atoms with van der Waals surface area (Å²) in [5.41, 5.74) is -0.407. The van der Waals surface area contributed by atoms with Crippen LogP contribution in [-0.2, 0) is 0 Å². The second kappa shape index (κ2) is 3.11. The van der Waals surface area contributed by atoms with Crippen molar-refractivity contribution in [1.82, 2.24) is 14.8 Å². The first-order chi connectivity index (χ1) is 5.13. The topological polar surface area (TPSA) is 50.7 Å². The van der Waals surface area contributed by atoms with Crippen molar-refractivity contribution in [3.63, 3.8) is 0 Å². The Hall–Kier alpha value is -0.740. The molecule has 0 aliphatic rings. The van der Waals surface area contributed by atoms with Gasteiger partial charge in [-0.25, -0.2) is 4.79 Å². The van der Waals surface area contributed by atoms with E-state index >= 15 is 0 Å². The van der Waals surface area contributed by atoms with Gasteiger partial charge in [0.25, 0.3) is 0 Å². The highest BCUT2D eigenvalue weighted by atomic mass is 35.5. The summed E-state index contributed by atoms with van der Waals surface area (Å²) in [7, 11) is 0. The quantitative estimate of drug-likeness (QED) is 0.729. The van der Waals surface area contributed by atoms with Gasteiger partial charge in [0.05, 0.1) is 5.03 Å². The van der Waals surface area contributed by atoms with Crippen LogP contribution in [0.5, 0.6) is 0 Å². The zero-order chi connectivity index (χ0) is 8.43. The predicted octanol–water partition coefficient (Wildman–Crippen LogP) is 1.19. The van der Waals surface area contributed by atoms with E-state index in [2.05, 4.69) is 10.1 Å². The number of nitrogens with zero attached hydrogens (tertiary/aromatic N) is 2. The molecule has 0 aromatic carbocycles. The second-order valence-electron chi connectivity index (χ2n) is 1.83. The van der Waals surface area contributed by atoms with Crippen molar-refractivity contribution < 1.29 is 0 Å². The number of aromatic nitrogens is 3. The zero-order valence-electron chi connectivity index (χ0n) is 5.64. The van der Waals surface area contributed by atoms with Gasteiger partial charge in [0.1, 0.15) is 11.5 Å². The lowest BCUT2D eigenvalue weighted by Gasteiger charge is -1.95. The van der Waals surface area contributed by atoms with E-state index in [0.717, 1.165) is 4.68 Å². The number of rotatable bonds is 1. The number of nitrogens with one attached hydrogen (secondary N) is 1. The molecule has 0 radical (unpaired) electrons. The molecule has 1 aromatic heterocycles. The Balaban J connectivity index is 3.24. The summed E-state index contributed by atoms with van der Waals surface area (Å²) in [5, 5.41) is 4.04. The van der Waals surface area contributed by atoms with Gasteiger partial charge in [-0.1, -0.05) is 23.2 Å². The van der Waals surface area contributed by atoms with Crippen molar-refractivity contribution in [1.29, 1.82) is 0 Å². The largest absolute Gasteiger partial charge is 0.348 e. The Morgan fingerprint density at radius 1 is 1.73 bits per heavy atom. The van der Waals surface area contributed by atoms with E-state index in [1.54, 1.807) is 6.92 Å². The maximum atomic E-state index is 10.8. The van der Waals surface area contributed by atoms with Crippen LogP contribution >= 0.6 is 23.2 Å². The van der Waals surface area contributed by atoms with Gasteiger partial charge in [-0.2, -0.15) is 9.78 Å². The monoisotopic (exact) mass is 193 g/mol. The van der Waals surface area contributed by atoms with Crippen molar-refractivity contribution in [2.24, 2.45) is 0 Å². The van der Waals surface area contributed by atoms with Crippen LogP contribution in [0, 0.1) is 0 Å². The first-order valence-electron chi connectivity index (χ1n) is 2.78. The highest BCUT2D eigenvalue weighted by molar-refractivity contribution is 6.51. The van der Waals surface area contributed by atoms with Crippen LogP contribution in [0.15, 0.2) is 16.2 Å². The molecule has 0 saturated carbocycles. The number of halogens is 2. The van der Waals surface area contributed by atoms with Crippen LogP contribution in [0.2, 0.25) is 0 Å². The lowest BCUT2D eigenvalue weighted by atomic mass is 10.7. The maximum absolute atomic E-state index is 10.8. The molecule has 11 heavy (non-hydrogen) atoms. The predicted molar refractivity (Wildman–Crippen MR) is 43.4 cm³/mol. The molecule has 0 bridgehead atoms. The van der Waals surface area contributed by atoms with Gasteiger partial charge in [0.15, 0.2) is 0 Å². The van der Waals surface area contributed by atoms with E-state index in [1.807, 2.05) is 0 Å². The minimum Gasteiger partial charge on any atom is -0.295 e. The summed E-state index contributed by atoms with van der Waals surface area (Å²) < 4.78 is 0.976. The first kappa shape index (κ1) is 8.36. The molecule has 6 heteroatoms. The van der Waals surface area contributed by atoms with E-state index < -0.39 is 5.69 Å². The Bertz CT molecular complexity index is 333. The lowest BCUT2D eigenvalue weighted by molar-refractivity contribution is 0.881. The third-order valence-electron chi connectivity index (χ3n) is 1.02. The van der Waals surface area contributed by atoms with E-state index in [0.29, 0.717) is 5.03 Å². The minimum atomic E-state index is -0.407.